The fourth-order valence-electron chi connectivity index (χ4n) is 2.91. The van der Waals surface area contributed by atoms with Crippen LogP contribution in [-0.4, -0.2) is 6.04 Å². The first kappa shape index (κ1) is 15.4. The first-order chi connectivity index (χ1) is 10.7. The molecule has 1 aromatic carbocycles. The molecule has 0 spiro atoms. The highest BCUT2D eigenvalue weighted by Crippen LogP contribution is 2.35. The molecule has 22 heavy (non-hydrogen) atoms. The Morgan fingerprint density at radius 3 is 2.77 bits per heavy atom. The van der Waals surface area contributed by atoms with E-state index in [1.165, 1.54) is 36.8 Å². The lowest BCUT2D eigenvalue weighted by molar-refractivity contribution is 0.445. The zero-order chi connectivity index (χ0) is 15.5. The van der Waals surface area contributed by atoms with Crippen LogP contribution in [0.25, 0.3) is 11.1 Å². The molecule has 0 amide bonds. The van der Waals surface area contributed by atoms with Gasteiger partial charge in [-0.05, 0) is 58.8 Å². The molecule has 2 aromatic rings. The van der Waals surface area contributed by atoms with Crippen LogP contribution in [0.3, 0.4) is 0 Å². The van der Waals surface area contributed by atoms with Crippen LogP contribution in [-0.2, 0) is 6.54 Å². The molecule has 5 N–H and O–H groups in total. The highest BCUT2D eigenvalue weighted by Gasteiger charge is 2.24. The van der Waals surface area contributed by atoms with Gasteiger partial charge in [0.25, 0.3) is 0 Å². The van der Waals surface area contributed by atoms with Crippen molar-refractivity contribution in [2.24, 2.45) is 5.92 Å². The van der Waals surface area contributed by atoms with Gasteiger partial charge in [-0.25, -0.2) is 0 Å². The molecule has 1 aromatic heterocycles. The van der Waals surface area contributed by atoms with Crippen molar-refractivity contribution in [2.45, 2.75) is 45.2 Å². The summed E-state index contributed by atoms with van der Waals surface area (Å²) < 4.78 is 0. The molecular weight excluding hydrogens is 290 g/mol. The van der Waals surface area contributed by atoms with Gasteiger partial charge in [0.2, 0.25) is 0 Å². The van der Waals surface area contributed by atoms with Crippen molar-refractivity contribution < 1.29 is 0 Å². The average Bonchev–Trinajstić information content (AvgIpc) is 3.21. The van der Waals surface area contributed by atoms with Crippen LogP contribution in [0.5, 0.6) is 0 Å². The average molecular weight is 315 g/mol. The third-order valence-electron chi connectivity index (χ3n) is 4.50. The maximum atomic E-state index is 6.13. The highest BCUT2D eigenvalue weighted by molar-refractivity contribution is 7.08. The van der Waals surface area contributed by atoms with Gasteiger partial charge >= 0.3 is 0 Å². The van der Waals surface area contributed by atoms with Crippen LogP contribution in [0, 0.1) is 5.92 Å². The molecular formula is C18H25N3S. The van der Waals surface area contributed by atoms with Crippen molar-refractivity contribution in [3.05, 3.63) is 34.5 Å². The van der Waals surface area contributed by atoms with Crippen LogP contribution in [0.1, 0.15) is 38.2 Å². The van der Waals surface area contributed by atoms with Gasteiger partial charge in [0.15, 0.2) is 0 Å². The number of anilines is 2. The summed E-state index contributed by atoms with van der Waals surface area (Å²) in [4.78, 5) is 0. The summed E-state index contributed by atoms with van der Waals surface area (Å²) in [6.07, 6.45) is 5.34. The SMILES string of the molecule is CCC(CC1CC1)NCc1cscc1-c1cc(N)ccc1N. The maximum Gasteiger partial charge on any atom is 0.0395 e. The Kier molecular flexibility index (Phi) is 4.69. The van der Waals surface area contributed by atoms with Gasteiger partial charge in [-0.1, -0.05) is 19.8 Å². The fraction of sp³-hybridized carbons (Fsp3) is 0.444. The van der Waals surface area contributed by atoms with E-state index in [0.717, 1.165) is 29.4 Å². The third-order valence-corrected chi connectivity index (χ3v) is 5.29. The fourth-order valence-corrected chi connectivity index (χ4v) is 3.77. The van der Waals surface area contributed by atoms with Crippen molar-refractivity contribution >= 4 is 22.7 Å². The Labute approximate surface area is 136 Å². The zero-order valence-corrected chi connectivity index (χ0v) is 14.0. The molecule has 1 heterocycles. The van der Waals surface area contributed by atoms with E-state index in [4.69, 9.17) is 11.5 Å². The lowest BCUT2D eigenvalue weighted by Gasteiger charge is -2.17. The van der Waals surface area contributed by atoms with Crippen LogP contribution < -0.4 is 16.8 Å². The molecule has 0 saturated heterocycles. The molecule has 1 saturated carbocycles. The van der Waals surface area contributed by atoms with Crippen LogP contribution >= 0.6 is 11.3 Å². The van der Waals surface area contributed by atoms with Crippen LogP contribution in [0.15, 0.2) is 29.0 Å². The number of hydrogen-bond donors (Lipinski definition) is 3. The number of rotatable bonds is 7. The molecule has 118 valence electrons. The number of nitrogen functional groups attached to an aromatic ring is 2. The molecule has 3 nitrogen and oxygen atoms in total. The Bertz CT molecular complexity index is 631. The van der Waals surface area contributed by atoms with E-state index in [0.29, 0.717) is 6.04 Å². The number of thiophene rings is 1. The van der Waals surface area contributed by atoms with Gasteiger partial charge in [0.1, 0.15) is 0 Å². The van der Waals surface area contributed by atoms with Crippen molar-refractivity contribution in [1.82, 2.24) is 5.32 Å². The number of hydrogen-bond acceptors (Lipinski definition) is 4. The van der Waals surface area contributed by atoms with Gasteiger partial charge < -0.3 is 16.8 Å². The topological polar surface area (TPSA) is 64.1 Å². The summed E-state index contributed by atoms with van der Waals surface area (Å²) in [5, 5.41) is 8.11. The minimum absolute atomic E-state index is 0.624. The second-order valence-electron chi connectivity index (χ2n) is 6.32. The molecule has 3 rings (SSSR count). The van der Waals surface area contributed by atoms with Gasteiger partial charge in [0.05, 0.1) is 0 Å². The second kappa shape index (κ2) is 6.71. The van der Waals surface area contributed by atoms with E-state index in [2.05, 4.69) is 23.0 Å². The molecule has 0 bridgehead atoms. The number of nitrogens with one attached hydrogen (secondary N) is 1. The van der Waals surface area contributed by atoms with E-state index in [1.54, 1.807) is 11.3 Å². The maximum absolute atomic E-state index is 6.13. The third kappa shape index (κ3) is 3.62. The lowest BCUT2D eigenvalue weighted by Crippen LogP contribution is -2.28. The summed E-state index contributed by atoms with van der Waals surface area (Å²) in [6.45, 7) is 3.17. The molecule has 1 aliphatic carbocycles. The van der Waals surface area contributed by atoms with Gasteiger partial charge in [-0.15, -0.1) is 0 Å². The van der Waals surface area contributed by atoms with E-state index >= 15 is 0 Å². The Hall–Kier alpha value is -1.52. The standard InChI is InChI=1S/C18H25N3S/c1-2-15(7-12-3-4-12)21-9-13-10-22-11-17(13)16-8-14(19)5-6-18(16)20/h5-6,8,10-12,15,21H,2-4,7,9,19-20H2,1H3. The predicted octanol–water partition coefficient (Wildman–Crippen LogP) is 4.25. The monoisotopic (exact) mass is 315 g/mol. The first-order valence-electron chi connectivity index (χ1n) is 8.11. The summed E-state index contributed by atoms with van der Waals surface area (Å²) in [5.41, 5.74) is 17.2. The van der Waals surface area contributed by atoms with Crippen molar-refractivity contribution in [2.75, 3.05) is 11.5 Å². The van der Waals surface area contributed by atoms with E-state index in [-0.39, 0.29) is 0 Å². The normalized spacial score (nSPS) is 15.9. The first-order valence-corrected chi connectivity index (χ1v) is 9.05. The van der Waals surface area contributed by atoms with Crippen LogP contribution in [0.4, 0.5) is 11.4 Å². The summed E-state index contributed by atoms with van der Waals surface area (Å²) in [7, 11) is 0. The Morgan fingerprint density at radius 2 is 2.05 bits per heavy atom. The highest BCUT2D eigenvalue weighted by atomic mass is 32.1. The quantitative estimate of drug-likeness (QED) is 0.669. The number of benzene rings is 1. The van der Waals surface area contributed by atoms with Gasteiger partial charge in [-0.2, -0.15) is 11.3 Å². The summed E-state index contributed by atoms with van der Waals surface area (Å²) in [5.74, 6) is 0.962. The van der Waals surface area contributed by atoms with Crippen molar-refractivity contribution in [1.29, 1.82) is 0 Å². The smallest absolute Gasteiger partial charge is 0.0395 e. The number of nitrogens with two attached hydrogens (primary N) is 2. The van der Waals surface area contributed by atoms with Gasteiger partial charge in [0, 0.05) is 29.5 Å². The molecule has 0 aliphatic heterocycles. The van der Waals surface area contributed by atoms with Crippen molar-refractivity contribution in [3.8, 4) is 11.1 Å². The summed E-state index contributed by atoms with van der Waals surface area (Å²) in [6, 6.07) is 6.34. The predicted molar refractivity (Wildman–Crippen MR) is 96.8 cm³/mol. The van der Waals surface area contributed by atoms with E-state index < -0.39 is 0 Å². The molecule has 1 atom stereocenters. The molecule has 1 fully saturated rings. The van der Waals surface area contributed by atoms with Crippen molar-refractivity contribution in [3.63, 3.8) is 0 Å². The van der Waals surface area contributed by atoms with E-state index in [9.17, 15) is 0 Å². The Morgan fingerprint density at radius 1 is 1.23 bits per heavy atom. The molecule has 4 heteroatoms. The van der Waals surface area contributed by atoms with Crippen LogP contribution in [0.2, 0.25) is 0 Å². The largest absolute Gasteiger partial charge is 0.399 e. The second-order valence-corrected chi connectivity index (χ2v) is 7.07. The lowest BCUT2D eigenvalue weighted by atomic mass is 10.0. The molecule has 1 aliphatic rings. The molecule has 0 radical (unpaired) electrons. The Balaban J connectivity index is 1.72. The molecule has 1 unspecified atom stereocenters. The van der Waals surface area contributed by atoms with E-state index in [1.807, 2.05) is 18.2 Å². The zero-order valence-electron chi connectivity index (χ0n) is 13.1. The minimum Gasteiger partial charge on any atom is -0.399 e. The minimum atomic E-state index is 0.624. The van der Waals surface area contributed by atoms with Gasteiger partial charge in [-0.3, -0.25) is 0 Å². The summed E-state index contributed by atoms with van der Waals surface area (Å²) >= 11 is 1.72.